The summed E-state index contributed by atoms with van der Waals surface area (Å²) in [5, 5.41) is 30.9. The average Bonchev–Trinajstić information content (AvgIpc) is 3.02. The SMILES string of the molecule is CCCCCCC/C=C/CCCCCCCCCCCCCCC[N+](C(CCC)C(=O)O)(C(CCC)C(=O)O)C(CCC)C(=O)O. The molecule has 3 N–H and O–H groups in total. The summed E-state index contributed by atoms with van der Waals surface area (Å²) in [7, 11) is 0. The fraction of sp³-hybridized carbons (Fsp3) is 0.872. The molecule has 7 nitrogen and oxygen atoms in total. The minimum absolute atomic E-state index is 0.271. The van der Waals surface area contributed by atoms with E-state index < -0.39 is 36.0 Å². The molecule has 3 atom stereocenters. The van der Waals surface area contributed by atoms with Crippen molar-refractivity contribution in [3.8, 4) is 0 Å². The Morgan fingerprint density at radius 3 is 1.00 bits per heavy atom. The van der Waals surface area contributed by atoms with Gasteiger partial charge in [0.05, 0.1) is 6.54 Å². The first-order valence-electron chi connectivity index (χ1n) is 19.4. The summed E-state index contributed by atoms with van der Waals surface area (Å²) in [6.07, 6.45) is 31.8. The molecule has 0 aliphatic carbocycles. The van der Waals surface area contributed by atoms with Gasteiger partial charge in [0.2, 0.25) is 0 Å². The average molecular weight is 653 g/mol. The van der Waals surface area contributed by atoms with Crippen molar-refractivity contribution < 1.29 is 34.2 Å². The van der Waals surface area contributed by atoms with Gasteiger partial charge < -0.3 is 15.3 Å². The number of hydrogen-bond acceptors (Lipinski definition) is 3. The molecule has 0 saturated heterocycles. The number of carbonyl (C=O) groups is 3. The van der Waals surface area contributed by atoms with Crippen LogP contribution in [0.2, 0.25) is 0 Å². The molecule has 0 aliphatic rings. The predicted octanol–water partition coefficient (Wildman–Crippen LogP) is 10.9. The maximum Gasteiger partial charge on any atom is 0.362 e. The van der Waals surface area contributed by atoms with Crippen LogP contribution in [0.1, 0.15) is 195 Å². The van der Waals surface area contributed by atoms with Crippen molar-refractivity contribution in [2.24, 2.45) is 0 Å². The van der Waals surface area contributed by atoms with Crippen LogP contribution in [0.25, 0.3) is 0 Å². The van der Waals surface area contributed by atoms with E-state index in [0.29, 0.717) is 25.7 Å². The Morgan fingerprint density at radius 2 is 0.717 bits per heavy atom. The van der Waals surface area contributed by atoms with Crippen molar-refractivity contribution in [1.29, 1.82) is 0 Å². The van der Waals surface area contributed by atoms with Crippen LogP contribution >= 0.6 is 0 Å². The number of hydrogen-bond donors (Lipinski definition) is 3. The Balaban J connectivity index is 4.58. The highest BCUT2D eigenvalue weighted by atomic mass is 16.4. The topological polar surface area (TPSA) is 112 Å². The second kappa shape index (κ2) is 29.3. The minimum Gasteiger partial charge on any atom is -0.477 e. The van der Waals surface area contributed by atoms with E-state index in [-0.39, 0.29) is 30.3 Å². The summed E-state index contributed by atoms with van der Waals surface area (Å²) in [5.74, 6) is -3.24. The van der Waals surface area contributed by atoms with Crippen LogP contribution in [0.15, 0.2) is 12.2 Å². The number of carboxylic acids is 3. The van der Waals surface area contributed by atoms with Crippen LogP contribution in [0, 0.1) is 0 Å². The fourth-order valence-corrected chi connectivity index (χ4v) is 7.34. The largest absolute Gasteiger partial charge is 0.477 e. The van der Waals surface area contributed by atoms with Crippen molar-refractivity contribution >= 4 is 17.9 Å². The van der Waals surface area contributed by atoms with Crippen LogP contribution in [-0.2, 0) is 14.4 Å². The van der Waals surface area contributed by atoms with E-state index in [1.165, 1.54) is 103 Å². The third-order valence-electron chi connectivity index (χ3n) is 9.84. The van der Waals surface area contributed by atoms with Gasteiger partial charge in [0.25, 0.3) is 0 Å². The van der Waals surface area contributed by atoms with Gasteiger partial charge in [0.15, 0.2) is 18.1 Å². The molecule has 270 valence electrons. The Morgan fingerprint density at radius 1 is 0.435 bits per heavy atom. The number of aliphatic carboxylic acids is 3. The van der Waals surface area contributed by atoms with Gasteiger partial charge in [-0.25, -0.2) is 14.4 Å². The second-order valence-corrected chi connectivity index (χ2v) is 13.7. The predicted molar refractivity (Wildman–Crippen MR) is 191 cm³/mol. The zero-order chi connectivity index (χ0) is 34.5. The first-order valence-corrected chi connectivity index (χ1v) is 19.4. The molecule has 0 aromatic carbocycles. The highest BCUT2D eigenvalue weighted by Gasteiger charge is 2.56. The smallest absolute Gasteiger partial charge is 0.362 e. The fourth-order valence-electron chi connectivity index (χ4n) is 7.34. The molecule has 0 spiro atoms. The lowest BCUT2D eigenvalue weighted by Crippen LogP contribution is -2.72. The van der Waals surface area contributed by atoms with Gasteiger partial charge in [0, 0.05) is 19.3 Å². The molecule has 7 heteroatoms. The summed E-state index contributed by atoms with van der Waals surface area (Å²) in [6.45, 7) is 8.19. The molecule has 0 fully saturated rings. The third kappa shape index (κ3) is 18.4. The summed E-state index contributed by atoms with van der Waals surface area (Å²) >= 11 is 0. The minimum atomic E-state index is -1.08. The van der Waals surface area contributed by atoms with E-state index >= 15 is 0 Å². The molecule has 0 heterocycles. The van der Waals surface area contributed by atoms with Crippen molar-refractivity contribution in [1.82, 2.24) is 0 Å². The first-order chi connectivity index (χ1) is 22.2. The van der Waals surface area contributed by atoms with E-state index in [1.54, 1.807) is 0 Å². The summed E-state index contributed by atoms with van der Waals surface area (Å²) in [4.78, 5) is 37.9. The van der Waals surface area contributed by atoms with Crippen LogP contribution in [-0.4, -0.2) is 62.4 Å². The molecule has 0 saturated carbocycles. The van der Waals surface area contributed by atoms with Crippen LogP contribution in [0.5, 0.6) is 0 Å². The zero-order valence-electron chi connectivity index (χ0n) is 30.5. The number of rotatable bonds is 34. The molecule has 3 unspecified atom stereocenters. The Labute approximate surface area is 283 Å². The zero-order valence-corrected chi connectivity index (χ0v) is 30.5. The van der Waals surface area contributed by atoms with Crippen molar-refractivity contribution in [2.75, 3.05) is 6.54 Å². The molecule has 0 aliphatic heterocycles. The molecule has 46 heavy (non-hydrogen) atoms. The normalized spacial score (nSPS) is 15.0. The molecular formula is C39H74NO6+. The van der Waals surface area contributed by atoms with Gasteiger partial charge in [-0.1, -0.05) is 130 Å². The molecular weight excluding hydrogens is 578 g/mol. The number of allylic oxidation sites excluding steroid dienone is 2. The first kappa shape index (κ1) is 44.1. The standard InChI is InChI=1S/C39H73NO6/c1-5-9-10-11-12-13-14-15-16-17-18-19-20-21-22-23-24-25-26-27-28-29-33-40(34(30-6-2)37(41)42,35(31-7-3)38(43)44)36(32-8-4)39(45)46/h14-15,34-36H,5-13,16-33H2,1-4H3,(H2-,41,42,43,44,45,46)/p+1/b15-14+. The number of carboxylic acid groups (broad SMARTS) is 3. The Kier molecular flexibility index (Phi) is 28.1. The molecule has 0 rings (SSSR count). The van der Waals surface area contributed by atoms with Gasteiger partial charge in [-0.2, -0.15) is 0 Å². The Hall–Kier alpha value is -1.89. The monoisotopic (exact) mass is 653 g/mol. The molecule has 0 aromatic heterocycles. The van der Waals surface area contributed by atoms with E-state index in [0.717, 1.165) is 19.3 Å². The van der Waals surface area contributed by atoms with Gasteiger partial charge in [-0.3, -0.25) is 4.48 Å². The second-order valence-electron chi connectivity index (χ2n) is 13.7. The van der Waals surface area contributed by atoms with Gasteiger partial charge in [-0.15, -0.1) is 0 Å². The highest BCUT2D eigenvalue weighted by Crippen LogP contribution is 2.34. The lowest BCUT2D eigenvalue weighted by molar-refractivity contribution is -0.973. The third-order valence-corrected chi connectivity index (χ3v) is 9.84. The van der Waals surface area contributed by atoms with Gasteiger partial charge in [-0.05, 0) is 57.8 Å². The highest BCUT2D eigenvalue weighted by molar-refractivity contribution is 5.78. The number of unbranched alkanes of at least 4 members (excludes halogenated alkanes) is 18. The Bertz CT molecular complexity index is 738. The van der Waals surface area contributed by atoms with Crippen molar-refractivity contribution in [3.05, 3.63) is 12.2 Å². The van der Waals surface area contributed by atoms with E-state index in [1.807, 2.05) is 20.8 Å². The van der Waals surface area contributed by atoms with Crippen LogP contribution in [0.3, 0.4) is 0 Å². The summed E-state index contributed by atoms with van der Waals surface area (Å²) in [6, 6.07) is -3.13. The van der Waals surface area contributed by atoms with Gasteiger partial charge in [0.1, 0.15) is 0 Å². The van der Waals surface area contributed by atoms with Crippen molar-refractivity contribution in [2.45, 2.75) is 213 Å². The maximum absolute atomic E-state index is 12.6. The molecule has 0 amide bonds. The van der Waals surface area contributed by atoms with E-state index in [9.17, 15) is 29.7 Å². The quantitative estimate of drug-likeness (QED) is 0.0362. The van der Waals surface area contributed by atoms with E-state index in [2.05, 4.69) is 19.1 Å². The van der Waals surface area contributed by atoms with Crippen LogP contribution < -0.4 is 0 Å². The lowest BCUT2D eigenvalue weighted by Gasteiger charge is -2.50. The molecule has 0 radical (unpaired) electrons. The van der Waals surface area contributed by atoms with Crippen LogP contribution in [0.4, 0.5) is 0 Å². The number of nitrogens with zero attached hydrogens (tertiary/aromatic N) is 1. The number of quaternary nitrogens is 1. The lowest BCUT2D eigenvalue weighted by atomic mass is 9.91. The summed E-state index contributed by atoms with van der Waals surface area (Å²) < 4.78 is -0.370. The van der Waals surface area contributed by atoms with Gasteiger partial charge >= 0.3 is 17.9 Å². The molecule has 0 bridgehead atoms. The van der Waals surface area contributed by atoms with Crippen molar-refractivity contribution in [3.63, 3.8) is 0 Å². The summed E-state index contributed by atoms with van der Waals surface area (Å²) in [5.41, 5.74) is 0. The van der Waals surface area contributed by atoms with E-state index in [4.69, 9.17) is 0 Å². The molecule has 0 aromatic rings. The maximum atomic E-state index is 12.6.